The van der Waals surface area contributed by atoms with Crippen LogP contribution in [0.3, 0.4) is 0 Å². The van der Waals surface area contributed by atoms with Crippen molar-refractivity contribution in [2.24, 2.45) is 5.10 Å². The van der Waals surface area contributed by atoms with E-state index in [1.807, 2.05) is 91.0 Å². The minimum Gasteiger partial charge on any atom is -0.489 e. The quantitative estimate of drug-likeness (QED) is 0.380. The summed E-state index contributed by atoms with van der Waals surface area (Å²) in [5.41, 5.74) is 6.01. The second-order valence-corrected chi connectivity index (χ2v) is 6.11. The number of hydrogen-bond acceptors (Lipinski definition) is 4. The molecule has 132 valence electrons. The number of benzene rings is 3. The van der Waals surface area contributed by atoms with Crippen molar-refractivity contribution in [3.8, 4) is 5.75 Å². The van der Waals surface area contributed by atoms with Crippen LogP contribution < -0.4 is 10.2 Å². The molecular weight excluding hydrogens is 334 g/mol. The van der Waals surface area contributed by atoms with Gasteiger partial charge in [-0.2, -0.15) is 5.10 Å². The lowest BCUT2D eigenvalue weighted by molar-refractivity contribution is 0.306. The number of aromatic nitrogens is 1. The number of nitrogens with one attached hydrogen (secondary N) is 1. The second-order valence-electron chi connectivity index (χ2n) is 6.11. The first-order valence-electron chi connectivity index (χ1n) is 8.78. The van der Waals surface area contributed by atoms with Gasteiger partial charge in [-0.25, -0.2) is 4.98 Å². The molecule has 0 saturated carbocycles. The zero-order chi connectivity index (χ0) is 18.3. The van der Waals surface area contributed by atoms with E-state index in [0.717, 1.165) is 27.8 Å². The molecule has 0 spiro atoms. The number of para-hydroxylation sites is 1. The fraction of sp³-hybridized carbons (Fsp3) is 0.0435. The van der Waals surface area contributed by atoms with Crippen LogP contribution in [0.1, 0.15) is 11.1 Å². The van der Waals surface area contributed by atoms with Crippen LogP contribution >= 0.6 is 0 Å². The minimum atomic E-state index is 0.542. The third kappa shape index (κ3) is 4.50. The fourth-order valence-electron chi connectivity index (χ4n) is 2.73. The second kappa shape index (κ2) is 8.15. The normalized spacial score (nSPS) is 11.0. The molecule has 3 aromatic carbocycles. The van der Waals surface area contributed by atoms with E-state index < -0.39 is 0 Å². The maximum Gasteiger partial charge on any atom is 0.146 e. The van der Waals surface area contributed by atoms with Crippen LogP contribution in [-0.2, 0) is 6.61 Å². The molecule has 0 radical (unpaired) electrons. The maximum atomic E-state index is 5.85. The van der Waals surface area contributed by atoms with Crippen molar-refractivity contribution in [3.05, 3.63) is 102 Å². The number of rotatable bonds is 6. The van der Waals surface area contributed by atoms with E-state index in [0.29, 0.717) is 12.4 Å². The summed E-state index contributed by atoms with van der Waals surface area (Å²) >= 11 is 0. The Morgan fingerprint density at radius 1 is 0.852 bits per heavy atom. The highest BCUT2D eigenvalue weighted by Crippen LogP contribution is 2.16. The van der Waals surface area contributed by atoms with Crippen LogP contribution in [0.2, 0.25) is 0 Å². The Labute approximate surface area is 158 Å². The molecule has 1 N–H and O–H groups in total. The molecule has 0 aliphatic rings. The Hall–Kier alpha value is -3.66. The molecule has 0 atom stereocenters. The number of hydrogen-bond donors (Lipinski definition) is 1. The van der Waals surface area contributed by atoms with E-state index in [1.54, 1.807) is 6.21 Å². The lowest BCUT2D eigenvalue weighted by Gasteiger charge is -2.07. The molecular formula is C23H19N3O. The Bertz CT molecular complexity index is 1060. The molecule has 27 heavy (non-hydrogen) atoms. The standard InChI is InChI=1S/C23H19N3O/c1-2-7-18(8-3-1)17-27-21-11-6-9-19(15-21)16-24-26-23-14-13-20-10-4-5-12-22(20)25-23/h1-16H,17H2,(H,25,26). The Morgan fingerprint density at radius 3 is 2.63 bits per heavy atom. The molecule has 0 aliphatic heterocycles. The largest absolute Gasteiger partial charge is 0.489 e. The van der Waals surface area contributed by atoms with Crippen molar-refractivity contribution in [2.45, 2.75) is 6.61 Å². The number of nitrogens with zero attached hydrogens (tertiary/aromatic N) is 2. The average molecular weight is 353 g/mol. The third-order valence-electron chi connectivity index (χ3n) is 4.10. The lowest BCUT2D eigenvalue weighted by Crippen LogP contribution is -1.96. The lowest BCUT2D eigenvalue weighted by atomic mass is 10.2. The van der Waals surface area contributed by atoms with Gasteiger partial charge in [0.25, 0.3) is 0 Å². The molecule has 0 fully saturated rings. The Balaban J connectivity index is 1.39. The molecule has 4 nitrogen and oxygen atoms in total. The van der Waals surface area contributed by atoms with Gasteiger partial charge in [0.1, 0.15) is 18.2 Å². The van der Waals surface area contributed by atoms with E-state index in [-0.39, 0.29) is 0 Å². The highest BCUT2D eigenvalue weighted by molar-refractivity contribution is 5.82. The van der Waals surface area contributed by atoms with Crippen LogP contribution in [0, 0.1) is 0 Å². The molecule has 1 aromatic heterocycles. The molecule has 0 bridgehead atoms. The summed E-state index contributed by atoms with van der Waals surface area (Å²) in [5.74, 6) is 1.52. The van der Waals surface area contributed by atoms with Gasteiger partial charge in [-0.1, -0.05) is 60.7 Å². The van der Waals surface area contributed by atoms with Crippen LogP contribution in [0.15, 0.2) is 96.1 Å². The van der Waals surface area contributed by atoms with Gasteiger partial charge < -0.3 is 4.74 Å². The summed E-state index contributed by atoms with van der Waals surface area (Å²) in [7, 11) is 0. The first-order chi connectivity index (χ1) is 13.4. The van der Waals surface area contributed by atoms with Crippen molar-refractivity contribution in [2.75, 3.05) is 5.43 Å². The highest BCUT2D eigenvalue weighted by Gasteiger charge is 1.98. The van der Waals surface area contributed by atoms with Crippen molar-refractivity contribution in [1.29, 1.82) is 0 Å². The van der Waals surface area contributed by atoms with E-state index in [2.05, 4.69) is 15.5 Å². The van der Waals surface area contributed by atoms with E-state index in [4.69, 9.17) is 4.74 Å². The summed E-state index contributed by atoms with van der Waals surface area (Å²) in [4.78, 5) is 4.54. The highest BCUT2D eigenvalue weighted by atomic mass is 16.5. The van der Waals surface area contributed by atoms with Gasteiger partial charge in [0.05, 0.1) is 11.7 Å². The van der Waals surface area contributed by atoms with Crippen molar-refractivity contribution in [1.82, 2.24) is 4.98 Å². The number of ether oxygens (including phenoxy) is 1. The number of hydrazone groups is 1. The summed E-state index contributed by atoms with van der Waals surface area (Å²) in [6, 6.07) is 29.9. The minimum absolute atomic E-state index is 0.542. The first-order valence-corrected chi connectivity index (χ1v) is 8.78. The van der Waals surface area contributed by atoms with Crippen LogP contribution in [-0.4, -0.2) is 11.2 Å². The summed E-state index contributed by atoms with van der Waals surface area (Å²) < 4.78 is 5.85. The molecule has 0 unspecified atom stereocenters. The Kier molecular flexibility index (Phi) is 5.07. The van der Waals surface area contributed by atoms with Crippen LogP contribution in [0.25, 0.3) is 10.9 Å². The van der Waals surface area contributed by atoms with Gasteiger partial charge in [-0.15, -0.1) is 0 Å². The van der Waals surface area contributed by atoms with Gasteiger partial charge in [-0.05, 0) is 41.5 Å². The van der Waals surface area contributed by atoms with Crippen LogP contribution in [0.4, 0.5) is 5.82 Å². The number of pyridine rings is 1. The average Bonchev–Trinajstić information content (AvgIpc) is 2.73. The molecule has 0 aliphatic carbocycles. The summed E-state index contributed by atoms with van der Waals surface area (Å²) in [6.45, 7) is 0.542. The van der Waals surface area contributed by atoms with Gasteiger partial charge in [0, 0.05) is 5.39 Å². The molecule has 0 amide bonds. The number of fused-ring (bicyclic) bond motifs is 1. The predicted molar refractivity (Wildman–Crippen MR) is 110 cm³/mol. The predicted octanol–water partition coefficient (Wildman–Crippen LogP) is 5.26. The van der Waals surface area contributed by atoms with Gasteiger partial charge in [-0.3, -0.25) is 5.43 Å². The topological polar surface area (TPSA) is 46.5 Å². The molecule has 4 heteroatoms. The zero-order valence-corrected chi connectivity index (χ0v) is 14.7. The van der Waals surface area contributed by atoms with E-state index in [9.17, 15) is 0 Å². The zero-order valence-electron chi connectivity index (χ0n) is 14.7. The molecule has 0 saturated heterocycles. The molecule has 4 rings (SSSR count). The van der Waals surface area contributed by atoms with Gasteiger partial charge in [0.2, 0.25) is 0 Å². The van der Waals surface area contributed by atoms with Crippen LogP contribution in [0.5, 0.6) is 5.75 Å². The van der Waals surface area contributed by atoms with Gasteiger partial charge >= 0.3 is 0 Å². The van der Waals surface area contributed by atoms with Crippen molar-refractivity contribution >= 4 is 22.9 Å². The van der Waals surface area contributed by atoms with Gasteiger partial charge in [0.15, 0.2) is 0 Å². The molecule has 1 heterocycles. The van der Waals surface area contributed by atoms with Crippen molar-refractivity contribution in [3.63, 3.8) is 0 Å². The third-order valence-corrected chi connectivity index (χ3v) is 4.10. The Morgan fingerprint density at radius 2 is 1.70 bits per heavy atom. The SMILES string of the molecule is C(=NNc1ccc2ccccc2n1)c1cccc(OCc2ccccc2)c1. The van der Waals surface area contributed by atoms with E-state index in [1.165, 1.54) is 0 Å². The monoisotopic (exact) mass is 353 g/mol. The van der Waals surface area contributed by atoms with Crippen molar-refractivity contribution < 1.29 is 4.74 Å². The summed E-state index contributed by atoms with van der Waals surface area (Å²) in [6.07, 6.45) is 1.76. The summed E-state index contributed by atoms with van der Waals surface area (Å²) in [5, 5.41) is 5.39. The fourth-order valence-corrected chi connectivity index (χ4v) is 2.73. The molecule has 4 aromatic rings. The smallest absolute Gasteiger partial charge is 0.146 e. The maximum absolute atomic E-state index is 5.85. The first kappa shape index (κ1) is 16.8. The van der Waals surface area contributed by atoms with E-state index >= 15 is 0 Å². The number of anilines is 1.